The van der Waals surface area contributed by atoms with Gasteiger partial charge in [-0.15, -0.1) is 5.10 Å². The van der Waals surface area contributed by atoms with Crippen molar-refractivity contribution < 1.29 is 0 Å². The molecule has 0 radical (unpaired) electrons. The summed E-state index contributed by atoms with van der Waals surface area (Å²) in [5, 5.41) is 12.0. The van der Waals surface area contributed by atoms with Crippen LogP contribution in [0.5, 0.6) is 0 Å². The van der Waals surface area contributed by atoms with E-state index in [-0.39, 0.29) is 5.69 Å². The Morgan fingerprint density at radius 3 is 2.37 bits per heavy atom. The minimum Gasteiger partial charge on any atom is -0.290 e. The molecule has 0 fully saturated rings. The molecule has 0 amide bonds. The first-order chi connectivity index (χ1) is 17.2. The molecule has 5 rings (SSSR count). The molecule has 0 aliphatic carbocycles. The summed E-state index contributed by atoms with van der Waals surface area (Å²) < 4.78 is 5.05. The number of imidazole rings is 1. The highest BCUT2D eigenvalue weighted by atomic mass is 35.5. The molecule has 0 atom stereocenters. The smallest absolute Gasteiger partial charge is 0.290 e. The summed E-state index contributed by atoms with van der Waals surface area (Å²) in [5.74, 6) is 0. The Morgan fingerprint density at radius 1 is 0.914 bits per heavy atom. The van der Waals surface area contributed by atoms with E-state index in [1.807, 2.05) is 54.6 Å². The van der Waals surface area contributed by atoms with Crippen molar-refractivity contribution in [2.45, 2.75) is 32.7 Å². The Hall–Kier alpha value is -3.97. The van der Waals surface area contributed by atoms with Crippen molar-refractivity contribution >= 4 is 11.6 Å². The number of para-hydroxylation sites is 2. The van der Waals surface area contributed by atoms with Crippen LogP contribution in [0.15, 0.2) is 90.0 Å². The molecule has 35 heavy (non-hydrogen) atoms. The van der Waals surface area contributed by atoms with Crippen molar-refractivity contribution in [3.63, 3.8) is 0 Å². The minimum absolute atomic E-state index is 0.125. The van der Waals surface area contributed by atoms with Gasteiger partial charge in [-0.2, -0.15) is 4.68 Å². The van der Waals surface area contributed by atoms with E-state index in [4.69, 9.17) is 11.6 Å². The number of aromatic nitrogens is 6. The van der Waals surface area contributed by atoms with Crippen molar-refractivity contribution in [1.29, 1.82) is 0 Å². The summed E-state index contributed by atoms with van der Waals surface area (Å²) in [6, 6.07) is 25.7. The first-order valence-corrected chi connectivity index (χ1v) is 12.0. The van der Waals surface area contributed by atoms with Crippen LogP contribution in [0.25, 0.3) is 22.5 Å². The average Bonchev–Trinajstić information content (AvgIpc) is 3.51. The lowest BCUT2D eigenvalue weighted by atomic mass is 10.0. The van der Waals surface area contributed by atoms with Gasteiger partial charge in [0.05, 0.1) is 23.6 Å². The summed E-state index contributed by atoms with van der Waals surface area (Å²) in [7, 11) is 0. The largest absolute Gasteiger partial charge is 0.334 e. The standard InChI is InChI=1S/C27H25ClN6O/c1-2-3-12-25-26(28)34(22-9-5-4-6-10-22)27(35)32(25)18-20-14-16-21(17-15-20)23-11-7-8-13-24(23)33-19-29-30-31-33/h4-11,13-17,19H,2-3,12,18H2,1H3. The lowest BCUT2D eigenvalue weighted by Crippen LogP contribution is -2.24. The van der Waals surface area contributed by atoms with Gasteiger partial charge in [-0.25, -0.2) is 4.79 Å². The van der Waals surface area contributed by atoms with E-state index in [0.717, 1.165) is 53.0 Å². The van der Waals surface area contributed by atoms with Crippen LogP contribution < -0.4 is 5.69 Å². The third-order valence-electron chi connectivity index (χ3n) is 6.07. The van der Waals surface area contributed by atoms with Crippen molar-refractivity contribution in [1.82, 2.24) is 29.3 Å². The lowest BCUT2D eigenvalue weighted by Gasteiger charge is -2.11. The Bertz CT molecular complexity index is 1470. The fourth-order valence-corrected chi connectivity index (χ4v) is 4.63. The molecule has 5 aromatic rings. The predicted molar refractivity (Wildman–Crippen MR) is 137 cm³/mol. The van der Waals surface area contributed by atoms with E-state index in [1.54, 1.807) is 20.1 Å². The monoisotopic (exact) mass is 484 g/mol. The van der Waals surface area contributed by atoms with Crippen LogP contribution in [0.3, 0.4) is 0 Å². The first-order valence-electron chi connectivity index (χ1n) is 11.6. The van der Waals surface area contributed by atoms with Gasteiger partial charge >= 0.3 is 5.69 Å². The maximum atomic E-state index is 13.5. The molecule has 0 aliphatic heterocycles. The van der Waals surface area contributed by atoms with Crippen LogP contribution >= 0.6 is 11.6 Å². The molecular weight excluding hydrogens is 460 g/mol. The molecular formula is C27H25ClN6O. The van der Waals surface area contributed by atoms with Crippen LogP contribution in [0.2, 0.25) is 5.15 Å². The van der Waals surface area contributed by atoms with Crippen LogP contribution in [0, 0.1) is 0 Å². The highest BCUT2D eigenvalue weighted by Gasteiger charge is 2.19. The van der Waals surface area contributed by atoms with Gasteiger partial charge in [0.1, 0.15) is 11.5 Å². The van der Waals surface area contributed by atoms with Gasteiger partial charge in [0, 0.05) is 5.56 Å². The highest BCUT2D eigenvalue weighted by Crippen LogP contribution is 2.27. The van der Waals surface area contributed by atoms with Gasteiger partial charge in [0.25, 0.3) is 0 Å². The average molecular weight is 485 g/mol. The zero-order valence-electron chi connectivity index (χ0n) is 19.4. The predicted octanol–water partition coefficient (Wildman–Crippen LogP) is 5.33. The summed E-state index contributed by atoms with van der Waals surface area (Å²) >= 11 is 6.77. The number of rotatable bonds is 8. The van der Waals surface area contributed by atoms with E-state index < -0.39 is 0 Å². The van der Waals surface area contributed by atoms with Crippen LogP contribution in [0.4, 0.5) is 0 Å². The van der Waals surface area contributed by atoms with E-state index in [1.165, 1.54) is 0 Å². The molecule has 8 heteroatoms. The molecule has 0 saturated carbocycles. The normalized spacial score (nSPS) is 11.1. The number of hydrogen-bond donors (Lipinski definition) is 0. The van der Waals surface area contributed by atoms with Gasteiger partial charge in [-0.3, -0.25) is 9.13 Å². The van der Waals surface area contributed by atoms with Crippen molar-refractivity contribution in [3.05, 3.63) is 112 Å². The van der Waals surface area contributed by atoms with Gasteiger partial charge < -0.3 is 0 Å². The molecule has 0 spiro atoms. The maximum Gasteiger partial charge on any atom is 0.334 e. The Kier molecular flexibility index (Phi) is 6.59. The fraction of sp³-hybridized carbons (Fsp3) is 0.185. The van der Waals surface area contributed by atoms with Gasteiger partial charge in [-0.05, 0) is 52.6 Å². The molecule has 3 aromatic carbocycles. The van der Waals surface area contributed by atoms with E-state index in [2.05, 4.69) is 46.7 Å². The SMILES string of the molecule is CCCCc1c(Cl)n(-c2ccccc2)c(=O)n1Cc1ccc(-c2ccccc2-n2cnnn2)cc1. The Balaban J connectivity index is 1.49. The van der Waals surface area contributed by atoms with E-state index in [9.17, 15) is 4.79 Å². The lowest BCUT2D eigenvalue weighted by molar-refractivity contribution is 0.674. The summed E-state index contributed by atoms with van der Waals surface area (Å²) in [6.07, 6.45) is 4.32. The summed E-state index contributed by atoms with van der Waals surface area (Å²) in [4.78, 5) is 13.5. The number of unbranched alkanes of at least 4 members (excludes halogenated alkanes) is 1. The van der Waals surface area contributed by atoms with Crippen LogP contribution in [-0.4, -0.2) is 29.3 Å². The topological polar surface area (TPSA) is 70.5 Å². The Morgan fingerprint density at radius 2 is 1.66 bits per heavy atom. The number of halogens is 1. The van der Waals surface area contributed by atoms with Crippen LogP contribution in [0.1, 0.15) is 31.0 Å². The summed E-state index contributed by atoms with van der Waals surface area (Å²) in [6.45, 7) is 2.59. The molecule has 0 bridgehead atoms. The highest BCUT2D eigenvalue weighted by molar-refractivity contribution is 6.30. The molecule has 0 N–H and O–H groups in total. The summed E-state index contributed by atoms with van der Waals surface area (Å²) in [5.41, 5.74) is 5.50. The van der Waals surface area contributed by atoms with Gasteiger partial charge in [-0.1, -0.05) is 85.6 Å². The quantitative estimate of drug-likeness (QED) is 0.298. The van der Waals surface area contributed by atoms with Crippen molar-refractivity contribution in [3.8, 4) is 22.5 Å². The molecule has 0 saturated heterocycles. The number of benzene rings is 3. The second-order valence-electron chi connectivity index (χ2n) is 8.35. The van der Waals surface area contributed by atoms with Crippen molar-refractivity contribution in [2.24, 2.45) is 0 Å². The third-order valence-corrected chi connectivity index (χ3v) is 6.46. The fourth-order valence-electron chi connectivity index (χ4n) is 4.27. The zero-order chi connectivity index (χ0) is 24.2. The Labute approximate surface area is 208 Å². The molecule has 0 unspecified atom stereocenters. The van der Waals surface area contributed by atoms with Crippen LogP contribution in [-0.2, 0) is 13.0 Å². The second kappa shape index (κ2) is 10.1. The molecule has 0 aliphatic rings. The van der Waals surface area contributed by atoms with Gasteiger partial charge in [0.2, 0.25) is 0 Å². The molecule has 2 heterocycles. The van der Waals surface area contributed by atoms with Crippen molar-refractivity contribution in [2.75, 3.05) is 0 Å². The third kappa shape index (κ3) is 4.55. The zero-order valence-corrected chi connectivity index (χ0v) is 20.1. The number of hydrogen-bond acceptors (Lipinski definition) is 4. The van der Waals surface area contributed by atoms with E-state index >= 15 is 0 Å². The van der Waals surface area contributed by atoms with Gasteiger partial charge in [0.15, 0.2) is 0 Å². The maximum absolute atomic E-state index is 13.5. The number of tetrazole rings is 1. The second-order valence-corrected chi connectivity index (χ2v) is 8.71. The van der Waals surface area contributed by atoms with E-state index in [0.29, 0.717) is 11.7 Å². The molecule has 176 valence electrons. The molecule has 7 nitrogen and oxygen atoms in total. The first kappa shape index (κ1) is 22.8. The minimum atomic E-state index is -0.125. The number of nitrogens with zero attached hydrogens (tertiary/aromatic N) is 6. The molecule has 2 aromatic heterocycles.